The van der Waals surface area contributed by atoms with Crippen molar-refractivity contribution in [3.8, 4) is 0 Å². The highest BCUT2D eigenvalue weighted by Crippen LogP contribution is 1.86. The first-order valence-electron chi connectivity index (χ1n) is 6.35. The minimum Gasteiger partial charge on any atom is -0.481 e. The monoisotopic (exact) mass is 298 g/mol. The highest BCUT2D eigenvalue weighted by Gasteiger charge is 1.99. The van der Waals surface area contributed by atoms with Crippen molar-refractivity contribution >= 4 is 5.97 Å². The first-order chi connectivity index (χ1) is 9.58. The number of aliphatic hydroxyl groups excluding tert-OH is 2. The SMILES string of the molecule is CCC(=O)O.COC(O)COCCOCCOCCO. The van der Waals surface area contributed by atoms with E-state index in [0.29, 0.717) is 33.0 Å². The Hall–Kier alpha value is -0.770. The summed E-state index contributed by atoms with van der Waals surface area (Å²) in [7, 11) is 1.41. The number of aliphatic hydroxyl groups is 2. The van der Waals surface area contributed by atoms with E-state index in [1.165, 1.54) is 7.11 Å². The molecule has 122 valence electrons. The van der Waals surface area contributed by atoms with Crippen molar-refractivity contribution in [1.29, 1.82) is 0 Å². The molecular weight excluding hydrogens is 272 g/mol. The lowest BCUT2D eigenvalue weighted by molar-refractivity contribution is -0.136. The molecule has 0 rings (SSSR count). The van der Waals surface area contributed by atoms with Gasteiger partial charge in [-0.1, -0.05) is 6.92 Å². The molecule has 1 atom stereocenters. The van der Waals surface area contributed by atoms with Gasteiger partial charge in [0.15, 0.2) is 6.29 Å². The van der Waals surface area contributed by atoms with Gasteiger partial charge in [0.05, 0.1) is 46.2 Å². The maximum atomic E-state index is 9.37. The lowest BCUT2D eigenvalue weighted by Crippen LogP contribution is -2.19. The summed E-state index contributed by atoms with van der Waals surface area (Å²) in [5.74, 6) is -0.745. The fourth-order valence-corrected chi connectivity index (χ4v) is 0.757. The Kier molecular flexibility index (Phi) is 19.6. The van der Waals surface area contributed by atoms with Crippen molar-refractivity contribution in [2.75, 3.05) is 53.4 Å². The van der Waals surface area contributed by atoms with Gasteiger partial charge in [0, 0.05) is 13.5 Å². The maximum absolute atomic E-state index is 9.37. The molecule has 0 aromatic heterocycles. The van der Waals surface area contributed by atoms with Crippen LogP contribution >= 0.6 is 0 Å². The van der Waals surface area contributed by atoms with Crippen molar-refractivity contribution in [3.05, 3.63) is 0 Å². The molecule has 0 aromatic carbocycles. The molecule has 20 heavy (non-hydrogen) atoms. The first-order valence-corrected chi connectivity index (χ1v) is 6.35. The Morgan fingerprint density at radius 3 is 1.90 bits per heavy atom. The van der Waals surface area contributed by atoms with Crippen LogP contribution in [0.15, 0.2) is 0 Å². The molecule has 0 aliphatic carbocycles. The fourth-order valence-electron chi connectivity index (χ4n) is 0.757. The van der Waals surface area contributed by atoms with E-state index in [0.717, 1.165) is 0 Å². The summed E-state index contributed by atoms with van der Waals surface area (Å²) < 4.78 is 19.7. The number of ether oxygens (including phenoxy) is 4. The minimum atomic E-state index is -0.877. The largest absolute Gasteiger partial charge is 0.481 e. The average molecular weight is 298 g/mol. The van der Waals surface area contributed by atoms with E-state index in [9.17, 15) is 4.79 Å². The molecule has 0 saturated carbocycles. The van der Waals surface area contributed by atoms with Crippen LogP contribution < -0.4 is 0 Å². The molecule has 0 amide bonds. The fraction of sp³-hybridized carbons (Fsp3) is 0.917. The van der Waals surface area contributed by atoms with Crippen LogP contribution in [0.2, 0.25) is 0 Å². The highest BCUT2D eigenvalue weighted by atomic mass is 16.6. The Morgan fingerprint density at radius 1 is 1.05 bits per heavy atom. The lowest BCUT2D eigenvalue weighted by Gasteiger charge is -2.09. The quantitative estimate of drug-likeness (QED) is 0.325. The van der Waals surface area contributed by atoms with Crippen molar-refractivity contribution < 1.29 is 39.1 Å². The molecule has 8 heteroatoms. The zero-order chi connectivity index (χ0) is 15.6. The third-order valence-electron chi connectivity index (χ3n) is 1.81. The van der Waals surface area contributed by atoms with Crippen LogP contribution in [-0.4, -0.2) is 80.9 Å². The second-order valence-electron chi connectivity index (χ2n) is 3.46. The van der Waals surface area contributed by atoms with Crippen LogP contribution in [0.5, 0.6) is 0 Å². The normalized spacial score (nSPS) is 11.6. The van der Waals surface area contributed by atoms with Gasteiger partial charge in [-0.3, -0.25) is 4.79 Å². The molecule has 0 aliphatic heterocycles. The van der Waals surface area contributed by atoms with E-state index in [4.69, 9.17) is 29.5 Å². The summed E-state index contributed by atoms with van der Waals surface area (Å²) in [6.45, 7) is 3.87. The van der Waals surface area contributed by atoms with Gasteiger partial charge in [0.25, 0.3) is 0 Å². The number of aliphatic carboxylic acids is 1. The summed E-state index contributed by atoms with van der Waals surface area (Å²) >= 11 is 0. The van der Waals surface area contributed by atoms with Crippen LogP contribution in [-0.2, 0) is 23.7 Å². The summed E-state index contributed by atoms with van der Waals surface area (Å²) in [4.78, 5) is 9.37. The van der Waals surface area contributed by atoms with Crippen molar-refractivity contribution in [2.24, 2.45) is 0 Å². The summed E-state index contributed by atoms with van der Waals surface area (Å²) in [6.07, 6.45) is -0.655. The lowest BCUT2D eigenvalue weighted by atomic mass is 10.5. The predicted octanol–water partition coefficient (Wildman–Crippen LogP) is -0.526. The second kappa shape index (κ2) is 18.2. The van der Waals surface area contributed by atoms with Crippen LogP contribution in [0.4, 0.5) is 0 Å². The van der Waals surface area contributed by atoms with Crippen molar-refractivity contribution in [2.45, 2.75) is 19.6 Å². The third kappa shape index (κ3) is 22.4. The Balaban J connectivity index is 0. The van der Waals surface area contributed by atoms with Crippen LogP contribution in [0.3, 0.4) is 0 Å². The van der Waals surface area contributed by atoms with Crippen LogP contribution in [0.25, 0.3) is 0 Å². The topological polar surface area (TPSA) is 115 Å². The van der Waals surface area contributed by atoms with E-state index in [1.54, 1.807) is 6.92 Å². The number of carboxylic acid groups (broad SMARTS) is 1. The molecule has 0 aromatic rings. The number of hydrogen-bond acceptors (Lipinski definition) is 7. The summed E-state index contributed by atoms with van der Waals surface area (Å²) in [5, 5.41) is 25.0. The molecule has 0 bridgehead atoms. The van der Waals surface area contributed by atoms with Crippen LogP contribution in [0, 0.1) is 0 Å². The molecule has 0 spiro atoms. The Labute approximate surface area is 119 Å². The van der Waals surface area contributed by atoms with E-state index in [2.05, 4.69) is 4.74 Å². The summed E-state index contributed by atoms with van der Waals surface area (Å²) in [5.41, 5.74) is 0. The van der Waals surface area contributed by atoms with E-state index in [1.807, 2.05) is 0 Å². The molecule has 0 fully saturated rings. The number of hydrogen-bond donors (Lipinski definition) is 3. The van der Waals surface area contributed by atoms with Gasteiger partial charge in [-0.2, -0.15) is 0 Å². The standard InChI is InChI=1S/C9H20O6.C3H6O2/c1-12-9(11)8-15-7-6-14-5-4-13-3-2-10;1-2-3(4)5/h9-11H,2-8H2,1H3;2H2,1H3,(H,4,5). The number of carboxylic acids is 1. The Bertz CT molecular complexity index is 200. The van der Waals surface area contributed by atoms with Gasteiger partial charge in [0.2, 0.25) is 0 Å². The number of rotatable bonds is 12. The van der Waals surface area contributed by atoms with Crippen molar-refractivity contribution in [1.82, 2.24) is 0 Å². The predicted molar refractivity (Wildman–Crippen MR) is 70.5 cm³/mol. The molecular formula is C12H26O8. The van der Waals surface area contributed by atoms with E-state index >= 15 is 0 Å². The molecule has 0 saturated heterocycles. The molecule has 0 aliphatic rings. The van der Waals surface area contributed by atoms with Gasteiger partial charge in [-0.05, 0) is 0 Å². The minimum absolute atomic E-state index is 0.0258. The molecule has 0 heterocycles. The highest BCUT2D eigenvalue weighted by molar-refractivity contribution is 5.66. The van der Waals surface area contributed by atoms with Crippen molar-refractivity contribution in [3.63, 3.8) is 0 Å². The van der Waals surface area contributed by atoms with Gasteiger partial charge >= 0.3 is 5.97 Å². The van der Waals surface area contributed by atoms with E-state index in [-0.39, 0.29) is 19.6 Å². The molecule has 3 N–H and O–H groups in total. The molecule has 0 radical (unpaired) electrons. The second-order valence-corrected chi connectivity index (χ2v) is 3.46. The van der Waals surface area contributed by atoms with Gasteiger partial charge < -0.3 is 34.3 Å². The van der Waals surface area contributed by atoms with E-state index < -0.39 is 12.3 Å². The smallest absolute Gasteiger partial charge is 0.303 e. The maximum Gasteiger partial charge on any atom is 0.303 e. The zero-order valence-electron chi connectivity index (χ0n) is 12.1. The van der Waals surface area contributed by atoms with Gasteiger partial charge in [-0.25, -0.2) is 0 Å². The number of methoxy groups -OCH3 is 1. The first kappa shape index (κ1) is 21.5. The zero-order valence-corrected chi connectivity index (χ0v) is 12.1. The summed E-state index contributed by atoms with van der Waals surface area (Å²) in [6, 6.07) is 0. The molecule has 8 nitrogen and oxygen atoms in total. The third-order valence-corrected chi connectivity index (χ3v) is 1.81. The number of carbonyl (C=O) groups is 1. The average Bonchev–Trinajstić information content (AvgIpc) is 2.45. The molecule has 1 unspecified atom stereocenters. The van der Waals surface area contributed by atoms with Gasteiger partial charge in [0.1, 0.15) is 0 Å². The Morgan fingerprint density at radius 2 is 1.50 bits per heavy atom. The van der Waals surface area contributed by atoms with Gasteiger partial charge in [-0.15, -0.1) is 0 Å². The van der Waals surface area contributed by atoms with Crippen LogP contribution in [0.1, 0.15) is 13.3 Å².